The maximum atomic E-state index is 5.95. The summed E-state index contributed by atoms with van der Waals surface area (Å²) in [5.74, 6) is 2.62. The third-order valence-electron chi connectivity index (χ3n) is 3.84. The van der Waals surface area contributed by atoms with E-state index >= 15 is 0 Å². The Morgan fingerprint density at radius 3 is 3.00 bits per heavy atom. The zero-order valence-corrected chi connectivity index (χ0v) is 12.3. The smallest absolute Gasteiger partial charge is 0.134 e. The van der Waals surface area contributed by atoms with Crippen molar-refractivity contribution < 1.29 is 0 Å². The van der Waals surface area contributed by atoms with E-state index in [1.54, 1.807) is 0 Å². The van der Waals surface area contributed by atoms with E-state index in [-0.39, 0.29) is 0 Å². The lowest BCUT2D eigenvalue weighted by molar-refractivity contribution is 0.362. The number of anilines is 1. The normalized spacial score (nSPS) is 19.3. The second kappa shape index (κ2) is 5.79. The van der Waals surface area contributed by atoms with Gasteiger partial charge >= 0.3 is 0 Å². The van der Waals surface area contributed by atoms with Crippen LogP contribution in [0.25, 0.3) is 0 Å². The first-order valence-corrected chi connectivity index (χ1v) is 7.30. The van der Waals surface area contributed by atoms with E-state index in [9.17, 15) is 0 Å². The van der Waals surface area contributed by atoms with Gasteiger partial charge in [0.05, 0.1) is 0 Å². The van der Waals surface area contributed by atoms with E-state index in [2.05, 4.69) is 30.6 Å². The van der Waals surface area contributed by atoms with Crippen LogP contribution in [0.3, 0.4) is 0 Å². The van der Waals surface area contributed by atoms with Gasteiger partial charge < -0.3 is 9.47 Å². The number of nitrogens with zero attached hydrogens (tertiary/aromatic N) is 5. The van der Waals surface area contributed by atoms with E-state index in [0.717, 1.165) is 31.3 Å². The van der Waals surface area contributed by atoms with Crippen molar-refractivity contribution in [3.63, 3.8) is 0 Å². The molecule has 1 aliphatic rings. The van der Waals surface area contributed by atoms with Crippen LogP contribution in [-0.2, 0) is 6.54 Å². The number of aryl methyl sites for hydroxylation is 1. The highest BCUT2D eigenvalue weighted by Gasteiger charge is 2.21. The largest absolute Gasteiger partial charge is 0.356 e. The molecule has 1 atom stereocenters. The van der Waals surface area contributed by atoms with Crippen molar-refractivity contribution in [1.82, 2.24) is 19.5 Å². The molecule has 0 saturated carbocycles. The van der Waals surface area contributed by atoms with Crippen LogP contribution in [0, 0.1) is 12.8 Å². The van der Waals surface area contributed by atoms with Gasteiger partial charge in [0.15, 0.2) is 0 Å². The second-order valence-corrected chi connectivity index (χ2v) is 5.67. The lowest BCUT2D eigenvalue weighted by atomic mass is 9.98. The van der Waals surface area contributed by atoms with E-state index in [4.69, 9.17) is 11.6 Å². The van der Waals surface area contributed by atoms with Gasteiger partial charge in [0.2, 0.25) is 0 Å². The minimum atomic E-state index is 0.502. The molecule has 20 heavy (non-hydrogen) atoms. The minimum absolute atomic E-state index is 0.502. The van der Waals surface area contributed by atoms with Crippen LogP contribution in [0.5, 0.6) is 0 Å². The fourth-order valence-corrected chi connectivity index (χ4v) is 2.94. The standard InChI is InChI=1S/C14H18ClN5/c1-11-16-4-6-19(11)8-12-3-2-5-20(9-12)14-7-13(15)17-10-18-14/h4,6-7,10,12H,2-3,5,8-9H2,1H3/t12-/m1/s1. The summed E-state index contributed by atoms with van der Waals surface area (Å²) in [7, 11) is 0. The molecule has 3 heterocycles. The molecule has 1 fully saturated rings. The number of aromatic nitrogens is 4. The molecule has 0 spiro atoms. The van der Waals surface area contributed by atoms with Crippen molar-refractivity contribution in [2.75, 3.05) is 18.0 Å². The van der Waals surface area contributed by atoms with Crippen molar-refractivity contribution in [2.24, 2.45) is 5.92 Å². The fourth-order valence-electron chi connectivity index (χ4n) is 2.79. The monoisotopic (exact) mass is 291 g/mol. The Labute approximate surface area is 123 Å². The summed E-state index contributed by atoms with van der Waals surface area (Å²) in [6.45, 7) is 5.10. The molecule has 0 unspecified atom stereocenters. The van der Waals surface area contributed by atoms with E-state index < -0.39 is 0 Å². The van der Waals surface area contributed by atoms with Gasteiger partial charge in [0, 0.05) is 38.1 Å². The summed E-state index contributed by atoms with van der Waals surface area (Å²) in [6.07, 6.45) is 7.87. The summed E-state index contributed by atoms with van der Waals surface area (Å²) in [6, 6.07) is 1.84. The maximum Gasteiger partial charge on any atom is 0.134 e. The molecule has 5 nitrogen and oxygen atoms in total. The second-order valence-electron chi connectivity index (χ2n) is 5.28. The predicted octanol–water partition coefficient (Wildman–Crippen LogP) is 2.55. The van der Waals surface area contributed by atoms with Gasteiger partial charge in [-0.1, -0.05) is 11.6 Å². The lowest BCUT2D eigenvalue weighted by Gasteiger charge is -2.33. The number of hydrogen-bond acceptors (Lipinski definition) is 4. The zero-order chi connectivity index (χ0) is 13.9. The zero-order valence-electron chi connectivity index (χ0n) is 11.5. The molecule has 0 radical (unpaired) electrons. The first kappa shape index (κ1) is 13.4. The Bertz CT molecular complexity index is 582. The number of halogens is 1. The van der Waals surface area contributed by atoms with Crippen molar-refractivity contribution in [3.05, 3.63) is 35.8 Å². The van der Waals surface area contributed by atoms with Crippen molar-refractivity contribution in [3.8, 4) is 0 Å². The molecule has 3 rings (SSSR count). The van der Waals surface area contributed by atoms with Crippen LogP contribution >= 0.6 is 11.6 Å². The molecule has 6 heteroatoms. The molecule has 0 aromatic carbocycles. The van der Waals surface area contributed by atoms with E-state index in [1.807, 2.05) is 19.2 Å². The quantitative estimate of drug-likeness (QED) is 0.816. The number of hydrogen-bond donors (Lipinski definition) is 0. The van der Waals surface area contributed by atoms with Gasteiger partial charge in [-0.3, -0.25) is 0 Å². The molecule has 0 amide bonds. The van der Waals surface area contributed by atoms with Gasteiger partial charge in [-0.15, -0.1) is 0 Å². The Kier molecular flexibility index (Phi) is 3.87. The predicted molar refractivity (Wildman–Crippen MR) is 78.9 cm³/mol. The van der Waals surface area contributed by atoms with Crippen LogP contribution in [0.4, 0.5) is 5.82 Å². The molecular formula is C14H18ClN5. The summed E-state index contributed by atoms with van der Waals surface area (Å²) in [5, 5.41) is 0.502. The highest BCUT2D eigenvalue weighted by Crippen LogP contribution is 2.24. The number of piperidine rings is 1. The Morgan fingerprint density at radius 1 is 1.35 bits per heavy atom. The van der Waals surface area contributed by atoms with Crippen LogP contribution in [0.15, 0.2) is 24.8 Å². The van der Waals surface area contributed by atoms with Crippen LogP contribution < -0.4 is 4.90 Å². The first-order chi connectivity index (χ1) is 9.72. The average Bonchev–Trinajstić information content (AvgIpc) is 2.85. The van der Waals surface area contributed by atoms with Gasteiger partial charge in [0.1, 0.15) is 23.1 Å². The fraction of sp³-hybridized carbons (Fsp3) is 0.500. The summed E-state index contributed by atoms with van der Waals surface area (Å²) in [4.78, 5) is 14.8. The van der Waals surface area contributed by atoms with Crippen molar-refractivity contribution in [2.45, 2.75) is 26.3 Å². The van der Waals surface area contributed by atoms with Crippen molar-refractivity contribution >= 4 is 17.4 Å². The third-order valence-corrected chi connectivity index (χ3v) is 4.05. The topological polar surface area (TPSA) is 46.8 Å². The molecule has 2 aromatic heterocycles. The van der Waals surface area contributed by atoms with Gasteiger partial charge in [-0.2, -0.15) is 0 Å². The summed E-state index contributed by atoms with van der Waals surface area (Å²) in [5.41, 5.74) is 0. The van der Waals surface area contributed by atoms with Crippen molar-refractivity contribution in [1.29, 1.82) is 0 Å². The van der Waals surface area contributed by atoms with Crippen LogP contribution in [0.1, 0.15) is 18.7 Å². The Morgan fingerprint density at radius 2 is 2.25 bits per heavy atom. The third kappa shape index (κ3) is 2.93. The molecule has 2 aromatic rings. The minimum Gasteiger partial charge on any atom is -0.356 e. The molecule has 0 bridgehead atoms. The summed E-state index contributed by atoms with van der Waals surface area (Å²) < 4.78 is 2.22. The highest BCUT2D eigenvalue weighted by atomic mass is 35.5. The lowest BCUT2D eigenvalue weighted by Crippen LogP contribution is -2.37. The summed E-state index contributed by atoms with van der Waals surface area (Å²) >= 11 is 5.95. The Hall–Kier alpha value is -1.62. The van der Waals surface area contributed by atoms with E-state index in [0.29, 0.717) is 11.1 Å². The molecule has 0 N–H and O–H groups in total. The molecule has 106 valence electrons. The molecule has 1 aliphatic heterocycles. The van der Waals surface area contributed by atoms with E-state index in [1.165, 1.54) is 19.2 Å². The first-order valence-electron chi connectivity index (χ1n) is 6.92. The highest BCUT2D eigenvalue weighted by molar-refractivity contribution is 6.29. The molecule has 1 saturated heterocycles. The van der Waals surface area contributed by atoms with Gasteiger partial charge in [0.25, 0.3) is 0 Å². The Balaban J connectivity index is 1.69. The maximum absolute atomic E-state index is 5.95. The van der Waals surface area contributed by atoms with Crippen LogP contribution in [-0.4, -0.2) is 32.6 Å². The average molecular weight is 292 g/mol. The molecular weight excluding hydrogens is 274 g/mol. The number of imidazole rings is 1. The van der Waals surface area contributed by atoms with Gasteiger partial charge in [-0.05, 0) is 25.7 Å². The van der Waals surface area contributed by atoms with Gasteiger partial charge in [-0.25, -0.2) is 15.0 Å². The number of rotatable bonds is 3. The SMILES string of the molecule is Cc1nccn1C[C@H]1CCCN(c2cc(Cl)ncn2)C1. The molecule has 0 aliphatic carbocycles. The van der Waals surface area contributed by atoms with Crippen LogP contribution in [0.2, 0.25) is 5.15 Å².